The summed E-state index contributed by atoms with van der Waals surface area (Å²) in [7, 11) is 3.65. The third-order valence-electron chi connectivity index (χ3n) is 2.88. The number of aliphatic imine (C=N–C) groups is 1. The Balaban J connectivity index is 0.00000162. The Morgan fingerprint density at radius 2 is 2.17 bits per heavy atom. The number of benzene rings is 1. The summed E-state index contributed by atoms with van der Waals surface area (Å²) >= 11 is 6.00. The molecule has 6 heteroatoms. The van der Waals surface area contributed by atoms with E-state index in [0.29, 0.717) is 16.5 Å². The Morgan fingerprint density at radius 1 is 1.50 bits per heavy atom. The molecule has 2 N–H and O–H groups in total. The second kappa shape index (κ2) is 6.06. The van der Waals surface area contributed by atoms with Gasteiger partial charge in [-0.15, -0.1) is 24.0 Å². The summed E-state index contributed by atoms with van der Waals surface area (Å²) in [6.45, 7) is 0. The van der Waals surface area contributed by atoms with E-state index in [2.05, 4.69) is 4.99 Å². The van der Waals surface area contributed by atoms with Crippen molar-refractivity contribution in [2.24, 2.45) is 10.7 Å². The van der Waals surface area contributed by atoms with E-state index >= 15 is 0 Å². The molecule has 0 spiro atoms. The number of halogens is 3. The summed E-state index contributed by atoms with van der Waals surface area (Å²) in [6.07, 6.45) is 0.801. The van der Waals surface area contributed by atoms with Crippen LogP contribution in [0.3, 0.4) is 0 Å². The van der Waals surface area contributed by atoms with E-state index in [4.69, 9.17) is 17.3 Å². The lowest BCUT2D eigenvalue weighted by molar-refractivity contribution is 0.602. The smallest absolute Gasteiger partial charge is 0.191 e. The van der Waals surface area contributed by atoms with Crippen molar-refractivity contribution in [3.63, 3.8) is 0 Å². The summed E-state index contributed by atoms with van der Waals surface area (Å²) in [5.41, 5.74) is 6.29. The van der Waals surface area contributed by atoms with Gasteiger partial charge in [-0.1, -0.05) is 17.7 Å². The molecule has 1 aromatic rings. The third-order valence-corrected chi connectivity index (χ3v) is 3.21. The quantitative estimate of drug-likeness (QED) is 0.485. The van der Waals surface area contributed by atoms with Gasteiger partial charge in [0, 0.05) is 30.6 Å². The van der Waals surface area contributed by atoms with Crippen LogP contribution in [0.5, 0.6) is 0 Å². The zero-order valence-corrected chi connectivity index (χ0v) is 13.3. The van der Waals surface area contributed by atoms with Crippen molar-refractivity contribution < 1.29 is 4.39 Å². The van der Waals surface area contributed by atoms with Gasteiger partial charge in [-0.2, -0.15) is 0 Å². The van der Waals surface area contributed by atoms with Gasteiger partial charge in [0.05, 0.1) is 6.04 Å². The molecule has 0 saturated heterocycles. The lowest BCUT2D eigenvalue weighted by Gasteiger charge is -2.10. The molecule has 0 heterocycles. The van der Waals surface area contributed by atoms with Crippen molar-refractivity contribution in [1.29, 1.82) is 0 Å². The fraction of sp³-hybridized carbons (Fsp3) is 0.417. The molecular formula is C12H16ClFIN3. The fourth-order valence-corrected chi connectivity index (χ4v) is 2.09. The number of nitrogens with two attached hydrogens (primary N) is 1. The number of hydrogen-bond donors (Lipinski definition) is 1. The van der Waals surface area contributed by atoms with Crippen molar-refractivity contribution in [1.82, 2.24) is 4.90 Å². The van der Waals surface area contributed by atoms with E-state index < -0.39 is 0 Å². The molecule has 0 bridgehead atoms. The van der Waals surface area contributed by atoms with Crippen LogP contribution in [0.15, 0.2) is 23.2 Å². The van der Waals surface area contributed by atoms with Crippen LogP contribution in [-0.2, 0) is 0 Å². The minimum absolute atomic E-state index is 0. The van der Waals surface area contributed by atoms with Gasteiger partial charge in [-0.25, -0.2) is 9.38 Å². The van der Waals surface area contributed by atoms with E-state index in [1.54, 1.807) is 17.0 Å². The Kier molecular flexibility index (Phi) is 5.21. The van der Waals surface area contributed by atoms with Gasteiger partial charge >= 0.3 is 0 Å². The largest absolute Gasteiger partial charge is 0.370 e. The van der Waals surface area contributed by atoms with Crippen molar-refractivity contribution in [3.05, 3.63) is 34.6 Å². The van der Waals surface area contributed by atoms with Crippen molar-refractivity contribution >= 4 is 41.5 Å². The molecule has 0 aromatic heterocycles. The Labute approximate surface area is 128 Å². The van der Waals surface area contributed by atoms with Crippen molar-refractivity contribution in [2.75, 3.05) is 14.1 Å². The van der Waals surface area contributed by atoms with Crippen LogP contribution in [0, 0.1) is 5.82 Å². The third kappa shape index (κ3) is 3.26. The maximum absolute atomic E-state index is 13.6. The highest BCUT2D eigenvalue weighted by molar-refractivity contribution is 14.0. The predicted octanol–water partition coefficient (Wildman–Crippen LogP) is 2.83. The lowest BCUT2D eigenvalue weighted by atomic mass is 10.1. The molecule has 0 amide bonds. The first-order valence-corrected chi connectivity index (χ1v) is 5.83. The lowest BCUT2D eigenvalue weighted by Crippen LogP contribution is -2.30. The van der Waals surface area contributed by atoms with Gasteiger partial charge in [0.15, 0.2) is 5.96 Å². The summed E-state index contributed by atoms with van der Waals surface area (Å²) in [5.74, 6) is 0.260. The average molecular weight is 384 g/mol. The second-order valence-corrected chi connectivity index (χ2v) is 4.83. The highest BCUT2D eigenvalue weighted by Gasteiger charge is 2.41. The monoisotopic (exact) mass is 383 g/mol. The van der Waals surface area contributed by atoms with E-state index in [0.717, 1.165) is 6.42 Å². The Morgan fingerprint density at radius 3 is 2.72 bits per heavy atom. The van der Waals surface area contributed by atoms with Crippen LogP contribution in [0.25, 0.3) is 0 Å². The second-order valence-electron chi connectivity index (χ2n) is 4.43. The van der Waals surface area contributed by atoms with Gasteiger partial charge in [-0.3, -0.25) is 0 Å². The molecule has 1 fully saturated rings. The van der Waals surface area contributed by atoms with Crippen molar-refractivity contribution in [3.8, 4) is 0 Å². The first-order valence-electron chi connectivity index (χ1n) is 5.45. The minimum Gasteiger partial charge on any atom is -0.370 e. The number of hydrogen-bond acceptors (Lipinski definition) is 1. The van der Waals surface area contributed by atoms with E-state index in [-0.39, 0.29) is 41.8 Å². The maximum atomic E-state index is 13.6. The summed E-state index contributed by atoms with van der Waals surface area (Å²) in [6, 6.07) is 4.78. The van der Waals surface area contributed by atoms with E-state index in [1.807, 2.05) is 14.1 Å². The maximum Gasteiger partial charge on any atom is 0.191 e. The molecule has 2 atom stereocenters. The SMILES string of the molecule is CN(C)C(N)=NC1CC1c1c(F)cccc1Cl.I. The molecule has 0 aliphatic heterocycles. The first kappa shape index (κ1) is 15.5. The van der Waals surface area contributed by atoms with Crippen LogP contribution in [0.2, 0.25) is 5.02 Å². The molecule has 18 heavy (non-hydrogen) atoms. The molecule has 1 saturated carbocycles. The van der Waals surface area contributed by atoms with E-state index in [1.165, 1.54) is 6.07 Å². The summed E-state index contributed by atoms with van der Waals surface area (Å²) < 4.78 is 13.6. The minimum atomic E-state index is -0.261. The first-order chi connectivity index (χ1) is 8.00. The molecule has 1 aromatic carbocycles. The van der Waals surface area contributed by atoms with Crippen LogP contribution in [0.1, 0.15) is 17.9 Å². The van der Waals surface area contributed by atoms with Gasteiger partial charge in [0.25, 0.3) is 0 Å². The standard InChI is InChI=1S/C12H15ClFN3.HI/c1-17(2)12(15)16-10-6-7(10)11-8(13)4-3-5-9(11)14;/h3-5,7,10H,6H2,1-2H3,(H2,15,16);1H. The van der Waals surface area contributed by atoms with Crippen LogP contribution >= 0.6 is 35.6 Å². The van der Waals surface area contributed by atoms with Gasteiger partial charge < -0.3 is 10.6 Å². The highest BCUT2D eigenvalue weighted by atomic mass is 127. The van der Waals surface area contributed by atoms with E-state index in [9.17, 15) is 4.39 Å². The molecule has 100 valence electrons. The zero-order valence-electron chi connectivity index (χ0n) is 10.2. The summed E-state index contributed by atoms with van der Waals surface area (Å²) in [4.78, 5) is 6.06. The highest BCUT2D eigenvalue weighted by Crippen LogP contribution is 2.47. The number of guanidine groups is 1. The predicted molar refractivity (Wildman–Crippen MR) is 83.3 cm³/mol. The number of rotatable bonds is 2. The molecule has 2 unspecified atom stereocenters. The molecule has 3 nitrogen and oxygen atoms in total. The molecule has 1 aliphatic rings. The zero-order chi connectivity index (χ0) is 12.6. The van der Waals surface area contributed by atoms with Crippen LogP contribution in [0.4, 0.5) is 4.39 Å². The Bertz CT molecular complexity index is 444. The van der Waals surface area contributed by atoms with Gasteiger partial charge in [0.1, 0.15) is 5.82 Å². The molecule has 2 rings (SSSR count). The average Bonchev–Trinajstić information content (AvgIpc) is 2.96. The topological polar surface area (TPSA) is 41.6 Å². The number of nitrogens with zero attached hydrogens (tertiary/aromatic N) is 2. The normalized spacial score (nSPS) is 22.3. The van der Waals surface area contributed by atoms with Crippen LogP contribution < -0.4 is 5.73 Å². The fourth-order valence-electron chi connectivity index (χ4n) is 1.78. The molecular weight excluding hydrogens is 368 g/mol. The summed E-state index contributed by atoms with van der Waals surface area (Å²) in [5, 5.41) is 0.469. The van der Waals surface area contributed by atoms with Crippen LogP contribution in [-0.4, -0.2) is 31.0 Å². The molecule has 0 radical (unpaired) electrons. The Hall–Kier alpha value is -0.560. The molecule has 1 aliphatic carbocycles. The van der Waals surface area contributed by atoms with Gasteiger partial charge in [-0.05, 0) is 18.6 Å². The van der Waals surface area contributed by atoms with Gasteiger partial charge in [0.2, 0.25) is 0 Å². The van der Waals surface area contributed by atoms with Crippen molar-refractivity contribution in [2.45, 2.75) is 18.4 Å².